The minimum absolute atomic E-state index is 0.0575. The summed E-state index contributed by atoms with van der Waals surface area (Å²) in [5, 5.41) is 0. The van der Waals surface area contributed by atoms with Crippen LogP contribution >= 0.6 is 0 Å². The van der Waals surface area contributed by atoms with Crippen LogP contribution in [0, 0.1) is 0 Å². The molecule has 59 heavy (non-hydrogen) atoms. The van der Waals surface area contributed by atoms with E-state index in [1.165, 1.54) is 83.5 Å². The van der Waals surface area contributed by atoms with Gasteiger partial charge in [-0.3, -0.25) is 0 Å². The molecule has 1 heteroatoms. The fraction of sp³-hybridized carbons (Fsp3) is 0.172. The molecule has 0 radical (unpaired) electrons. The molecule has 0 aliphatic heterocycles. The van der Waals surface area contributed by atoms with Crippen LogP contribution in [-0.2, 0) is 16.2 Å². The summed E-state index contributed by atoms with van der Waals surface area (Å²) in [5.74, 6) is 0. The van der Waals surface area contributed by atoms with Crippen molar-refractivity contribution in [1.82, 2.24) is 0 Å². The molecule has 0 atom stereocenters. The monoisotopic (exact) mass is 761 g/mol. The first kappa shape index (κ1) is 36.9. The molecule has 0 amide bonds. The molecule has 8 aromatic rings. The zero-order chi connectivity index (χ0) is 40.7. The molecule has 8 aromatic carbocycles. The van der Waals surface area contributed by atoms with E-state index in [-0.39, 0.29) is 16.2 Å². The quantitative estimate of drug-likeness (QED) is 0.163. The molecule has 0 bridgehead atoms. The third-order valence-corrected chi connectivity index (χ3v) is 13.3. The number of benzene rings is 8. The van der Waals surface area contributed by atoms with Crippen LogP contribution in [0.2, 0.25) is 0 Å². The van der Waals surface area contributed by atoms with Crippen molar-refractivity contribution in [2.45, 2.75) is 64.7 Å². The molecule has 0 saturated carbocycles. The molecular formula is C58H51N. The maximum absolute atomic E-state index is 2.44. The zero-order valence-electron chi connectivity index (χ0n) is 35.3. The molecule has 0 aromatic heterocycles. The molecule has 0 saturated heterocycles. The van der Waals surface area contributed by atoms with Crippen molar-refractivity contribution in [2.24, 2.45) is 0 Å². The van der Waals surface area contributed by atoms with E-state index in [1.807, 2.05) is 0 Å². The van der Waals surface area contributed by atoms with E-state index in [0.29, 0.717) is 0 Å². The van der Waals surface area contributed by atoms with Crippen LogP contribution < -0.4 is 4.90 Å². The van der Waals surface area contributed by atoms with Gasteiger partial charge in [0.25, 0.3) is 0 Å². The van der Waals surface area contributed by atoms with Gasteiger partial charge in [-0.05, 0) is 120 Å². The van der Waals surface area contributed by atoms with Crippen LogP contribution in [0.3, 0.4) is 0 Å². The minimum Gasteiger partial charge on any atom is -0.310 e. The summed E-state index contributed by atoms with van der Waals surface area (Å²) in [7, 11) is 0. The van der Waals surface area contributed by atoms with Crippen molar-refractivity contribution < 1.29 is 0 Å². The second kappa shape index (κ2) is 13.6. The average Bonchev–Trinajstić information content (AvgIpc) is 3.63. The lowest BCUT2D eigenvalue weighted by Crippen LogP contribution is -2.16. The predicted molar refractivity (Wildman–Crippen MR) is 251 cm³/mol. The lowest BCUT2D eigenvalue weighted by molar-refractivity contribution is 0.590. The number of fused-ring (bicyclic) bond motifs is 6. The van der Waals surface area contributed by atoms with E-state index in [2.05, 4.69) is 235 Å². The summed E-state index contributed by atoms with van der Waals surface area (Å²) in [4.78, 5) is 2.44. The first-order valence-corrected chi connectivity index (χ1v) is 21.1. The van der Waals surface area contributed by atoms with E-state index < -0.39 is 0 Å². The standard InChI is InChI=1S/C58H51N/c1-56(2,3)40-30-34-42(35-31-40)59(54-26-15-12-18-44(54)39-29-36-48-46-20-10-13-24-51(46)57(4,5)53(48)37-39)41-32-27-38(28-33-41)43-17-8-9-19-45(43)49-22-16-23-50-47-21-11-14-25-52(47)58(6,7)55(49)50/h8-37H,1-7H3. The topological polar surface area (TPSA) is 3.24 Å². The summed E-state index contributed by atoms with van der Waals surface area (Å²) >= 11 is 0. The Labute approximate surface area is 350 Å². The molecule has 2 aliphatic rings. The lowest BCUT2D eigenvalue weighted by Gasteiger charge is -2.29. The van der Waals surface area contributed by atoms with Gasteiger partial charge in [-0.1, -0.05) is 194 Å². The largest absolute Gasteiger partial charge is 0.310 e. The summed E-state index contributed by atoms with van der Waals surface area (Å²) in [6.45, 7) is 16.3. The van der Waals surface area contributed by atoms with Crippen molar-refractivity contribution in [3.63, 3.8) is 0 Å². The molecule has 0 N–H and O–H groups in total. The SMILES string of the molecule is CC(C)(C)c1ccc(N(c2ccc(-c3ccccc3-c3cccc4c3C(C)(C)c3ccccc3-4)cc2)c2ccccc2-c2ccc3c(c2)C(C)(C)c2ccccc2-3)cc1. The third kappa shape index (κ3) is 5.90. The summed E-state index contributed by atoms with van der Waals surface area (Å²) < 4.78 is 0. The van der Waals surface area contributed by atoms with Crippen LogP contribution in [0.15, 0.2) is 182 Å². The average molecular weight is 762 g/mol. The van der Waals surface area contributed by atoms with Crippen LogP contribution in [0.1, 0.15) is 76.3 Å². The third-order valence-electron chi connectivity index (χ3n) is 13.3. The molecular weight excluding hydrogens is 711 g/mol. The number of nitrogens with zero attached hydrogens (tertiary/aromatic N) is 1. The second-order valence-electron chi connectivity index (χ2n) is 18.6. The first-order valence-electron chi connectivity index (χ1n) is 21.1. The van der Waals surface area contributed by atoms with Crippen LogP contribution in [0.25, 0.3) is 55.6 Å². The highest BCUT2D eigenvalue weighted by molar-refractivity contribution is 5.94. The summed E-state index contributed by atoms with van der Waals surface area (Å²) in [5.41, 5.74) is 23.0. The van der Waals surface area contributed by atoms with Crippen LogP contribution in [-0.4, -0.2) is 0 Å². The number of hydrogen-bond acceptors (Lipinski definition) is 1. The fourth-order valence-corrected chi connectivity index (χ4v) is 10.2. The smallest absolute Gasteiger partial charge is 0.0540 e. The van der Waals surface area contributed by atoms with Gasteiger partial charge in [-0.2, -0.15) is 0 Å². The Morgan fingerprint density at radius 2 is 0.814 bits per heavy atom. The maximum atomic E-state index is 2.44. The minimum atomic E-state index is -0.103. The van der Waals surface area contributed by atoms with Crippen LogP contribution in [0.5, 0.6) is 0 Å². The van der Waals surface area contributed by atoms with E-state index >= 15 is 0 Å². The van der Waals surface area contributed by atoms with E-state index in [9.17, 15) is 0 Å². The van der Waals surface area contributed by atoms with E-state index in [1.54, 1.807) is 0 Å². The van der Waals surface area contributed by atoms with Gasteiger partial charge in [-0.25, -0.2) is 0 Å². The van der Waals surface area contributed by atoms with Gasteiger partial charge in [0.05, 0.1) is 5.69 Å². The van der Waals surface area contributed by atoms with Gasteiger partial charge in [-0.15, -0.1) is 0 Å². The predicted octanol–water partition coefficient (Wildman–Crippen LogP) is 16.1. The Bertz CT molecular complexity index is 2900. The number of hydrogen-bond donors (Lipinski definition) is 0. The Morgan fingerprint density at radius 3 is 1.46 bits per heavy atom. The Balaban J connectivity index is 1.09. The number of anilines is 3. The molecule has 0 heterocycles. The van der Waals surface area contributed by atoms with Crippen molar-refractivity contribution in [3.05, 3.63) is 210 Å². The highest BCUT2D eigenvalue weighted by atomic mass is 15.1. The molecule has 2 aliphatic carbocycles. The van der Waals surface area contributed by atoms with Crippen LogP contribution in [0.4, 0.5) is 17.1 Å². The molecule has 0 unspecified atom stereocenters. The van der Waals surface area contributed by atoms with Gasteiger partial charge in [0.2, 0.25) is 0 Å². The summed E-state index contributed by atoms with van der Waals surface area (Å²) in [6, 6.07) is 68.0. The highest BCUT2D eigenvalue weighted by Gasteiger charge is 2.38. The lowest BCUT2D eigenvalue weighted by atomic mass is 9.78. The second-order valence-corrected chi connectivity index (χ2v) is 18.6. The first-order chi connectivity index (χ1) is 28.4. The van der Waals surface area contributed by atoms with Gasteiger partial charge in [0.15, 0.2) is 0 Å². The fourth-order valence-electron chi connectivity index (χ4n) is 10.2. The van der Waals surface area contributed by atoms with E-state index in [0.717, 1.165) is 17.1 Å². The molecule has 0 fully saturated rings. The molecule has 0 spiro atoms. The Morgan fingerprint density at radius 1 is 0.356 bits per heavy atom. The molecule has 10 rings (SSSR count). The molecule has 288 valence electrons. The summed E-state index contributed by atoms with van der Waals surface area (Å²) in [6.07, 6.45) is 0. The normalized spacial score (nSPS) is 14.3. The highest BCUT2D eigenvalue weighted by Crippen LogP contribution is 2.54. The number of rotatable bonds is 6. The number of para-hydroxylation sites is 1. The van der Waals surface area contributed by atoms with Gasteiger partial charge >= 0.3 is 0 Å². The van der Waals surface area contributed by atoms with Crippen molar-refractivity contribution >= 4 is 17.1 Å². The maximum Gasteiger partial charge on any atom is 0.0540 e. The van der Waals surface area contributed by atoms with Crippen molar-refractivity contribution in [2.75, 3.05) is 4.90 Å². The van der Waals surface area contributed by atoms with Gasteiger partial charge in [0.1, 0.15) is 0 Å². The van der Waals surface area contributed by atoms with Gasteiger partial charge < -0.3 is 4.90 Å². The molecule has 1 nitrogen and oxygen atoms in total. The Hall–Kier alpha value is -6.44. The van der Waals surface area contributed by atoms with E-state index in [4.69, 9.17) is 0 Å². The Kier molecular flexibility index (Phi) is 8.48. The van der Waals surface area contributed by atoms with Gasteiger partial charge in [0, 0.05) is 27.8 Å². The zero-order valence-corrected chi connectivity index (χ0v) is 35.3. The van der Waals surface area contributed by atoms with Crippen molar-refractivity contribution in [3.8, 4) is 55.6 Å². The van der Waals surface area contributed by atoms with Crippen molar-refractivity contribution in [1.29, 1.82) is 0 Å².